The quantitative estimate of drug-likeness (QED) is 0.563. The molecule has 4 rings (SSSR count). The average molecular weight is 408 g/mol. The molecular formula is C21H20N4O3S. The van der Waals surface area contributed by atoms with Crippen molar-refractivity contribution in [3.05, 3.63) is 83.1 Å². The molecule has 1 unspecified atom stereocenters. The van der Waals surface area contributed by atoms with Crippen LogP contribution in [0.3, 0.4) is 0 Å². The molecule has 1 aliphatic heterocycles. The Balaban J connectivity index is 1.53. The molecule has 0 saturated heterocycles. The molecule has 8 heteroatoms. The van der Waals surface area contributed by atoms with Gasteiger partial charge in [-0.25, -0.2) is 8.42 Å². The van der Waals surface area contributed by atoms with Crippen LogP contribution in [-0.4, -0.2) is 24.5 Å². The first-order valence-electron chi connectivity index (χ1n) is 9.10. The number of carbonyl (C=O) groups excluding carboxylic acids is 1. The van der Waals surface area contributed by atoms with Crippen LogP contribution in [0.4, 0.5) is 5.82 Å². The lowest BCUT2D eigenvalue weighted by atomic mass is 10.2. The predicted molar refractivity (Wildman–Crippen MR) is 111 cm³/mol. The molecule has 0 radical (unpaired) electrons. The molecule has 2 aromatic carbocycles. The molecule has 2 heterocycles. The number of nitrogens with zero attached hydrogens (tertiary/aromatic N) is 1. The number of nitrogens with one attached hydrogen (secondary N) is 3. The summed E-state index contributed by atoms with van der Waals surface area (Å²) in [5, 5.41) is 11.7. The third-order valence-corrected chi connectivity index (χ3v) is 6.66. The fraction of sp³-hybridized carbons (Fsp3) is 0.143. The number of carbonyl (C=O) groups is 1. The highest BCUT2D eigenvalue weighted by Gasteiger charge is 2.38. The summed E-state index contributed by atoms with van der Waals surface area (Å²) < 4.78 is 26.1. The maximum absolute atomic E-state index is 13.0. The number of rotatable bonds is 5. The monoisotopic (exact) mass is 408 g/mol. The number of benzene rings is 2. The van der Waals surface area contributed by atoms with Crippen LogP contribution in [-0.2, 0) is 21.2 Å². The van der Waals surface area contributed by atoms with Gasteiger partial charge in [0.2, 0.25) is 5.91 Å². The second-order valence-electron chi connectivity index (χ2n) is 6.82. The predicted octanol–water partition coefficient (Wildman–Crippen LogP) is 2.95. The van der Waals surface area contributed by atoms with Gasteiger partial charge in [-0.1, -0.05) is 42.5 Å². The van der Waals surface area contributed by atoms with Crippen molar-refractivity contribution in [3.63, 3.8) is 0 Å². The fourth-order valence-electron chi connectivity index (χ4n) is 3.26. The van der Waals surface area contributed by atoms with Gasteiger partial charge in [-0.05, 0) is 36.3 Å². The third kappa shape index (κ3) is 3.85. The molecule has 7 nitrogen and oxygen atoms in total. The van der Waals surface area contributed by atoms with E-state index in [2.05, 4.69) is 20.8 Å². The molecule has 0 aliphatic carbocycles. The van der Waals surface area contributed by atoms with Gasteiger partial charge >= 0.3 is 0 Å². The molecule has 1 amide bonds. The molecule has 29 heavy (non-hydrogen) atoms. The Morgan fingerprint density at radius 3 is 2.72 bits per heavy atom. The molecule has 3 aromatic rings. The van der Waals surface area contributed by atoms with Gasteiger partial charge in [0.25, 0.3) is 0 Å². The molecule has 0 spiro atoms. The lowest BCUT2D eigenvalue weighted by Crippen LogP contribution is -2.23. The van der Waals surface area contributed by atoms with Crippen LogP contribution >= 0.6 is 0 Å². The topological polar surface area (TPSA) is 104 Å². The highest BCUT2D eigenvalue weighted by molar-refractivity contribution is 7.91. The van der Waals surface area contributed by atoms with E-state index in [4.69, 9.17) is 0 Å². The smallest absolute Gasteiger partial charge is 0.249 e. The summed E-state index contributed by atoms with van der Waals surface area (Å²) in [5.41, 5.74) is 2.87. The normalized spacial score (nSPS) is 16.1. The maximum Gasteiger partial charge on any atom is 0.249 e. The zero-order valence-corrected chi connectivity index (χ0v) is 16.5. The van der Waals surface area contributed by atoms with Crippen molar-refractivity contribution in [2.75, 3.05) is 5.32 Å². The molecule has 1 aromatic heterocycles. The minimum absolute atomic E-state index is 0.244. The van der Waals surface area contributed by atoms with Gasteiger partial charge in [0.05, 0.1) is 10.6 Å². The number of hydrogen-bond donors (Lipinski definition) is 3. The van der Waals surface area contributed by atoms with E-state index < -0.39 is 15.2 Å². The number of fused-ring (bicyclic) bond motifs is 1. The van der Waals surface area contributed by atoms with E-state index in [1.54, 1.807) is 24.3 Å². The van der Waals surface area contributed by atoms with Crippen molar-refractivity contribution in [2.45, 2.75) is 23.7 Å². The first-order valence-corrected chi connectivity index (χ1v) is 10.6. The van der Waals surface area contributed by atoms with Crippen LogP contribution in [0.5, 0.6) is 0 Å². The Morgan fingerprint density at radius 2 is 1.97 bits per heavy atom. The molecule has 148 valence electrons. The van der Waals surface area contributed by atoms with Crippen molar-refractivity contribution in [3.8, 4) is 0 Å². The van der Waals surface area contributed by atoms with Gasteiger partial charge in [0.15, 0.2) is 21.0 Å². The van der Waals surface area contributed by atoms with Crippen LogP contribution in [0, 0.1) is 6.92 Å². The summed E-state index contributed by atoms with van der Waals surface area (Å²) in [6.45, 7) is 2.14. The Labute approximate surface area is 168 Å². The summed E-state index contributed by atoms with van der Waals surface area (Å²) in [6.07, 6.45) is 3.12. The second-order valence-corrected chi connectivity index (χ2v) is 8.85. The van der Waals surface area contributed by atoms with Crippen molar-refractivity contribution in [2.24, 2.45) is 0 Å². The zero-order valence-electron chi connectivity index (χ0n) is 15.7. The van der Waals surface area contributed by atoms with Gasteiger partial charge < -0.3 is 5.32 Å². The standard InChI is InChI=1S/C21H20N4O3S/c1-14-6-5-9-16(12-14)29(27,28)21-19-17(13-22-21)20(25-24-19)23-18(26)11-10-15-7-3-2-4-8-15/h2-12,21-22H,13H2,1H3,(H2,23,24,25,26)/b11-10+. The first kappa shape index (κ1) is 19.1. The maximum atomic E-state index is 13.0. The van der Waals surface area contributed by atoms with Gasteiger partial charge in [0, 0.05) is 18.2 Å². The Hall–Kier alpha value is -3.23. The van der Waals surface area contributed by atoms with Gasteiger partial charge in [-0.15, -0.1) is 0 Å². The van der Waals surface area contributed by atoms with Gasteiger partial charge in [-0.2, -0.15) is 5.10 Å². The highest BCUT2D eigenvalue weighted by Crippen LogP contribution is 2.35. The van der Waals surface area contributed by atoms with E-state index in [0.717, 1.165) is 11.1 Å². The third-order valence-electron chi connectivity index (χ3n) is 4.72. The largest absolute Gasteiger partial charge is 0.305 e. The van der Waals surface area contributed by atoms with Gasteiger partial charge in [-0.3, -0.25) is 15.2 Å². The molecule has 0 bridgehead atoms. The van der Waals surface area contributed by atoms with E-state index in [-0.39, 0.29) is 10.8 Å². The number of amides is 1. The second kappa shape index (κ2) is 7.65. The Bertz CT molecular complexity index is 1180. The van der Waals surface area contributed by atoms with E-state index in [1.807, 2.05) is 43.3 Å². The molecule has 0 fully saturated rings. The Kier molecular flexibility index (Phi) is 5.04. The number of aryl methyl sites for hydroxylation is 1. The van der Waals surface area contributed by atoms with E-state index in [0.29, 0.717) is 23.6 Å². The summed E-state index contributed by atoms with van der Waals surface area (Å²) in [4.78, 5) is 12.5. The Morgan fingerprint density at radius 1 is 1.17 bits per heavy atom. The average Bonchev–Trinajstić information content (AvgIpc) is 3.30. The SMILES string of the molecule is Cc1cccc(S(=O)(=O)C2NCc3c(NC(=O)/C=C/c4ccccc4)n[nH]c32)c1. The lowest BCUT2D eigenvalue weighted by Gasteiger charge is -2.12. The number of anilines is 1. The number of sulfone groups is 1. The molecular weight excluding hydrogens is 388 g/mol. The van der Waals surface area contributed by atoms with Crippen molar-refractivity contribution in [1.29, 1.82) is 0 Å². The summed E-state index contributed by atoms with van der Waals surface area (Å²) >= 11 is 0. The fourth-order valence-corrected chi connectivity index (χ4v) is 4.96. The lowest BCUT2D eigenvalue weighted by molar-refractivity contribution is -0.111. The van der Waals surface area contributed by atoms with Crippen LogP contribution in [0.2, 0.25) is 0 Å². The van der Waals surface area contributed by atoms with Crippen molar-refractivity contribution < 1.29 is 13.2 Å². The van der Waals surface area contributed by atoms with E-state index >= 15 is 0 Å². The van der Waals surface area contributed by atoms with Crippen molar-refractivity contribution in [1.82, 2.24) is 15.5 Å². The van der Waals surface area contributed by atoms with Gasteiger partial charge in [0.1, 0.15) is 0 Å². The number of hydrogen-bond acceptors (Lipinski definition) is 5. The number of aromatic amines is 1. The molecule has 1 atom stereocenters. The number of aromatic nitrogens is 2. The molecule has 0 saturated carbocycles. The summed E-state index contributed by atoms with van der Waals surface area (Å²) in [5.74, 6) is -0.00898. The number of H-pyrrole nitrogens is 1. The van der Waals surface area contributed by atoms with Crippen LogP contribution in [0.15, 0.2) is 65.6 Å². The summed E-state index contributed by atoms with van der Waals surface area (Å²) in [7, 11) is -3.65. The van der Waals surface area contributed by atoms with E-state index in [9.17, 15) is 13.2 Å². The van der Waals surface area contributed by atoms with Crippen LogP contribution < -0.4 is 10.6 Å². The first-order chi connectivity index (χ1) is 13.9. The van der Waals surface area contributed by atoms with E-state index in [1.165, 1.54) is 6.08 Å². The molecule has 1 aliphatic rings. The zero-order chi connectivity index (χ0) is 20.4. The highest BCUT2D eigenvalue weighted by atomic mass is 32.2. The minimum Gasteiger partial charge on any atom is -0.305 e. The van der Waals surface area contributed by atoms with Crippen LogP contribution in [0.25, 0.3) is 6.08 Å². The van der Waals surface area contributed by atoms with Crippen molar-refractivity contribution >= 4 is 27.6 Å². The summed E-state index contributed by atoms with van der Waals surface area (Å²) in [6, 6.07) is 16.2. The van der Waals surface area contributed by atoms with Crippen LogP contribution in [0.1, 0.15) is 27.8 Å². The minimum atomic E-state index is -3.65. The molecule has 3 N–H and O–H groups in total.